The molecule has 0 aromatic carbocycles. The molecule has 74 valence electrons. The second-order valence-corrected chi connectivity index (χ2v) is 5.20. The Bertz CT molecular complexity index is 244. The molecule has 2 aliphatic rings. The van der Waals surface area contributed by atoms with E-state index in [-0.39, 0.29) is 11.6 Å². The van der Waals surface area contributed by atoms with Gasteiger partial charge in [-0.3, -0.25) is 4.99 Å². The number of aliphatic hydroxyl groups is 1. The largest absolute Gasteiger partial charge is 0.392 e. The normalized spacial score (nSPS) is 42.8. The van der Waals surface area contributed by atoms with Crippen molar-refractivity contribution in [3.63, 3.8) is 0 Å². The minimum Gasteiger partial charge on any atom is -0.392 e. The average molecular weight is 181 g/mol. The summed E-state index contributed by atoms with van der Waals surface area (Å²) in [4.78, 5) is 4.66. The maximum absolute atomic E-state index is 9.78. The summed E-state index contributed by atoms with van der Waals surface area (Å²) in [5, 5.41) is 9.78. The highest BCUT2D eigenvalue weighted by molar-refractivity contribution is 5.86. The summed E-state index contributed by atoms with van der Waals surface area (Å²) < 4.78 is 0. The second kappa shape index (κ2) is 2.81. The highest BCUT2D eigenvalue weighted by Gasteiger charge is 2.42. The standard InChI is InChI=1S/C11H19NO/c1-7-10-8(4-5-9(10)13)6-11(2,3)12-7/h8-10,13H,4-6H2,1-3H3/t8-,9-,10-/m1/s1. The van der Waals surface area contributed by atoms with Crippen molar-refractivity contribution in [2.75, 3.05) is 0 Å². The summed E-state index contributed by atoms with van der Waals surface area (Å²) in [6, 6.07) is 0. The van der Waals surface area contributed by atoms with Crippen molar-refractivity contribution in [1.29, 1.82) is 0 Å². The lowest BCUT2D eigenvalue weighted by molar-refractivity contribution is 0.139. The summed E-state index contributed by atoms with van der Waals surface area (Å²) in [5.74, 6) is 1.05. The van der Waals surface area contributed by atoms with Crippen LogP contribution >= 0.6 is 0 Å². The van der Waals surface area contributed by atoms with Crippen molar-refractivity contribution in [3.8, 4) is 0 Å². The number of hydrogen-bond donors (Lipinski definition) is 1. The van der Waals surface area contributed by atoms with Crippen LogP contribution in [-0.4, -0.2) is 22.5 Å². The van der Waals surface area contributed by atoms with Crippen LogP contribution in [0.1, 0.15) is 40.0 Å². The van der Waals surface area contributed by atoms with E-state index in [0.29, 0.717) is 11.8 Å². The number of aliphatic imine (C=N–C) groups is 1. The predicted molar refractivity (Wildman–Crippen MR) is 54.0 cm³/mol. The first kappa shape index (κ1) is 9.20. The number of aliphatic hydroxyl groups excluding tert-OH is 1. The molecule has 1 saturated carbocycles. The molecule has 2 nitrogen and oxygen atoms in total. The van der Waals surface area contributed by atoms with Gasteiger partial charge in [0.05, 0.1) is 11.6 Å². The van der Waals surface area contributed by atoms with Gasteiger partial charge in [0.25, 0.3) is 0 Å². The third-order valence-corrected chi connectivity index (χ3v) is 3.48. The Labute approximate surface area is 80.1 Å². The quantitative estimate of drug-likeness (QED) is 0.609. The van der Waals surface area contributed by atoms with Gasteiger partial charge in [-0.05, 0) is 46.0 Å². The maximum atomic E-state index is 9.78. The lowest BCUT2D eigenvalue weighted by atomic mass is 9.78. The maximum Gasteiger partial charge on any atom is 0.0623 e. The molecular formula is C11H19NO. The third-order valence-electron chi connectivity index (χ3n) is 3.48. The van der Waals surface area contributed by atoms with E-state index in [9.17, 15) is 5.11 Å². The van der Waals surface area contributed by atoms with Crippen LogP contribution < -0.4 is 0 Å². The van der Waals surface area contributed by atoms with Crippen LogP contribution in [0.5, 0.6) is 0 Å². The third kappa shape index (κ3) is 1.52. The highest BCUT2D eigenvalue weighted by atomic mass is 16.3. The zero-order valence-corrected chi connectivity index (χ0v) is 8.75. The van der Waals surface area contributed by atoms with Crippen LogP contribution in [0.2, 0.25) is 0 Å². The SMILES string of the molecule is CC1=NC(C)(C)C[C@H]2CC[C@@H](O)[C@H]12. The predicted octanol–water partition coefficient (Wildman–Crippen LogP) is 2.02. The molecular weight excluding hydrogens is 162 g/mol. The smallest absolute Gasteiger partial charge is 0.0623 e. The van der Waals surface area contributed by atoms with E-state index in [1.54, 1.807) is 0 Å². The number of fused-ring (bicyclic) bond motifs is 1. The van der Waals surface area contributed by atoms with Gasteiger partial charge in [0.15, 0.2) is 0 Å². The van der Waals surface area contributed by atoms with E-state index in [1.165, 1.54) is 12.1 Å². The Morgan fingerprint density at radius 1 is 1.38 bits per heavy atom. The lowest BCUT2D eigenvalue weighted by Crippen LogP contribution is -2.37. The van der Waals surface area contributed by atoms with Gasteiger partial charge < -0.3 is 5.11 Å². The summed E-state index contributed by atoms with van der Waals surface area (Å²) >= 11 is 0. The summed E-state index contributed by atoms with van der Waals surface area (Å²) in [7, 11) is 0. The summed E-state index contributed by atoms with van der Waals surface area (Å²) in [5.41, 5.74) is 1.28. The molecule has 2 rings (SSSR count). The van der Waals surface area contributed by atoms with Crippen LogP contribution in [-0.2, 0) is 0 Å². The van der Waals surface area contributed by atoms with Gasteiger partial charge in [-0.15, -0.1) is 0 Å². The van der Waals surface area contributed by atoms with Gasteiger partial charge in [0, 0.05) is 11.6 Å². The lowest BCUT2D eigenvalue weighted by Gasteiger charge is -2.35. The Morgan fingerprint density at radius 2 is 2.08 bits per heavy atom. The van der Waals surface area contributed by atoms with Crippen molar-refractivity contribution in [2.45, 2.75) is 51.7 Å². The molecule has 0 aromatic rings. The topological polar surface area (TPSA) is 32.6 Å². The molecule has 0 aromatic heterocycles. The van der Waals surface area contributed by atoms with E-state index in [4.69, 9.17) is 0 Å². The fraction of sp³-hybridized carbons (Fsp3) is 0.909. The number of nitrogens with zero attached hydrogens (tertiary/aromatic N) is 1. The molecule has 1 fully saturated rings. The van der Waals surface area contributed by atoms with E-state index >= 15 is 0 Å². The monoisotopic (exact) mass is 181 g/mol. The van der Waals surface area contributed by atoms with Crippen molar-refractivity contribution < 1.29 is 5.11 Å². The van der Waals surface area contributed by atoms with Crippen molar-refractivity contribution in [1.82, 2.24) is 0 Å². The fourth-order valence-electron chi connectivity index (χ4n) is 3.15. The molecule has 3 atom stereocenters. The van der Waals surface area contributed by atoms with E-state index < -0.39 is 0 Å². The first-order chi connectivity index (χ1) is 5.99. The van der Waals surface area contributed by atoms with E-state index in [2.05, 4.69) is 25.8 Å². The molecule has 0 bridgehead atoms. The number of hydrogen-bond acceptors (Lipinski definition) is 2. The van der Waals surface area contributed by atoms with Gasteiger partial charge in [-0.1, -0.05) is 0 Å². The van der Waals surface area contributed by atoms with Crippen molar-refractivity contribution in [2.24, 2.45) is 16.8 Å². The molecule has 1 aliphatic carbocycles. The molecule has 0 unspecified atom stereocenters. The first-order valence-corrected chi connectivity index (χ1v) is 5.24. The zero-order valence-electron chi connectivity index (χ0n) is 8.75. The van der Waals surface area contributed by atoms with Gasteiger partial charge in [0.2, 0.25) is 0 Å². The average Bonchev–Trinajstić information content (AvgIpc) is 2.28. The van der Waals surface area contributed by atoms with Gasteiger partial charge in [-0.2, -0.15) is 0 Å². The van der Waals surface area contributed by atoms with E-state index in [1.807, 2.05) is 0 Å². The minimum atomic E-state index is -0.121. The Morgan fingerprint density at radius 3 is 2.77 bits per heavy atom. The number of rotatable bonds is 0. The van der Waals surface area contributed by atoms with Gasteiger partial charge >= 0.3 is 0 Å². The van der Waals surface area contributed by atoms with Gasteiger partial charge in [-0.25, -0.2) is 0 Å². The molecule has 1 N–H and O–H groups in total. The zero-order chi connectivity index (χ0) is 9.64. The minimum absolute atomic E-state index is 0.106. The molecule has 0 amide bonds. The van der Waals surface area contributed by atoms with Crippen LogP contribution in [0.15, 0.2) is 4.99 Å². The van der Waals surface area contributed by atoms with Gasteiger partial charge in [0.1, 0.15) is 0 Å². The molecule has 1 heterocycles. The van der Waals surface area contributed by atoms with Crippen LogP contribution in [0.4, 0.5) is 0 Å². The Kier molecular flexibility index (Phi) is 1.99. The molecule has 0 radical (unpaired) electrons. The highest BCUT2D eigenvalue weighted by Crippen LogP contribution is 2.42. The summed E-state index contributed by atoms with van der Waals surface area (Å²) in [6.07, 6.45) is 3.18. The van der Waals surface area contributed by atoms with Crippen LogP contribution in [0.3, 0.4) is 0 Å². The van der Waals surface area contributed by atoms with Crippen LogP contribution in [0, 0.1) is 11.8 Å². The fourth-order valence-corrected chi connectivity index (χ4v) is 3.15. The molecule has 2 heteroatoms. The Hall–Kier alpha value is -0.370. The first-order valence-electron chi connectivity index (χ1n) is 5.24. The van der Waals surface area contributed by atoms with Crippen LogP contribution in [0.25, 0.3) is 0 Å². The summed E-state index contributed by atoms with van der Waals surface area (Å²) in [6.45, 7) is 6.46. The molecule has 0 saturated heterocycles. The Balaban J connectivity index is 2.28. The van der Waals surface area contributed by atoms with Crippen molar-refractivity contribution >= 4 is 5.71 Å². The molecule has 0 spiro atoms. The van der Waals surface area contributed by atoms with E-state index in [0.717, 1.165) is 12.8 Å². The van der Waals surface area contributed by atoms with Crippen molar-refractivity contribution in [3.05, 3.63) is 0 Å². The molecule has 1 aliphatic heterocycles. The molecule has 13 heavy (non-hydrogen) atoms. The second-order valence-electron chi connectivity index (χ2n) is 5.20.